The molecule has 0 unspecified atom stereocenters. The summed E-state index contributed by atoms with van der Waals surface area (Å²) in [5, 5.41) is 20.8. The summed E-state index contributed by atoms with van der Waals surface area (Å²) in [6.07, 6.45) is 4.44. The summed E-state index contributed by atoms with van der Waals surface area (Å²) < 4.78 is 0. The summed E-state index contributed by atoms with van der Waals surface area (Å²) in [6.45, 7) is 0. The number of carboxylic acid groups (broad SMARTS) is 1. The summed E-state index contributed by atoms with van der Waals surface area (Å²) in [5.74, 6) is 0.900. The van der Waals surface area contributed by atoms with Gasteiger partial charge in [0, 0.05) is 17.7 Å². The number of para-hydroxylation sites is 1. The van der Waals surface area contributed by atoms with Crippen LogP contribution in [0.3, 0.4) is 0 Å². The molecule has 5 nitrogen and oxygen atoms in total. The summed E-state index contributed by atoms with van der Waals surface area (Å²) in [7, 11) is 0. The molecule has 1 aliphatic rings. The van der Waals surface area contributed by atoms with E-state index >= 15 is 0 Å². The second-order valence-corrected chi connectivity index (χ2v) is 7.73. The average Bonchev–Trinajstić information content (AvgIpc) is 2.75. The zero-order valence-electron chi connectivity index (χ0n) is 16.3. The molecule has 0 amide bonds. The van der Waals surface area contributed by atoms with Gasteiger partial charge < -0.3 is 10.4 Å². The molecule has 148 valence electrons. The van der Waals surface area contributed by atoms with Gasteiger partial charge >= 0.3 is 5.97 Å². The maximum Gasteiger partial charge on any atom is 0.303 e. The van der Waals surface area contributed by atoms with E-state index in [0.717, 1.165) is 48.4 Å². The van der Waals surface area contributed by atoms with Gasteiger partial charge in [0.25, 0.3) is 0 Å². The highest BCUT2D eigenvalue weighted by Gasteiger charge is 2.23. The van der Waals surface area contributed by atoms with E-state index in [4.69, 9.17) is 5.11 Å². The van der Waals surface area contributed by atoms with Crippen LogP contribution in [-0.4, -0.2) is 21.3 Å². The van der Waals surface area contributed by atoms with E-state index in [9.17, 15) is 4.79 Å². The number of nitrogens with zero attached hydrogens (tertiary/aromatic N) is 2. The molecule has 4 rings (SSSR count). The monoisotopic (exact) mass is 387 g/mol. The standard InChI is InChI=1S/C24H25N3O2/c28-24(29)16-17-6-8-18(9-7-17)19-10-12-20(13-11-19)22-14-15-23(27-26-22)25-21-4-2-1-3-5-21/h1-5,10-15,17-18H,6-9,16H2,(H,25,27)(H,28,29). The normalized spacial score (nSPS) is 18.9. The third-order valence-corrected chi connectivity index (χ3v) is 5.70. The smallest absolute Gasteiger partial charge is 0.303 e. The highest BCUT2D eigenvalue weighted by atomic mass is 16.4. The number of benzene rings is 2. The summed E-state index contributed by atoms with van der Waals surface area (Å²) in [6, 6.07) is 22.4. The molecule has 0 spiro atoms. The van der Waals surface area contributed by atoms with Crippen molar-refractivity contribution in [3.8, 4) is 11.3 Å². The minimum absolute atomic E-state index is 0.305. The fraction of sp³-hybridized carbons (Fsp3) is 0.292. The molecule has 1 heterocycles. The average molecular weight is 387 g/mol. The topological polar surface area (TPSA) is 75.1 Å². The third-order valence-electron chi connectivity index (χ3n) is 5.70. The number of hydrogen-bond acceptors (Lipinski definition) is 4. The molecule has 1 aliphatic carbocycles. The van der Waals surface area contributed by atoms with Gasteiger partial charge in [-0.3, -0.25) is 4.79 Å². The maximum atomic E-state index is 10.9. The first-order valence-electron chi connectivity index (χ1n) is 10.2. The lowest BCUT2D eigenvalue weighted by Gasteiger charge is -2.28. The molecule has 5 heteroatoms. The van der Waals surface area contributed by atoms with Gasteiger partial charge in [0.2, 0.25) is 0 Å². The van der Waals surface area contributed by atoms with Crippen molar-refractivity contribution in [3.05, 3.63) is 72.3 Å². The van der Waals surface area contributed by atoms with E-state index in [-0.39, 0.29) is 0 Å². The third kappa shape index (κ3) is 4.99. The Balaban J connectivity index is 1.37. The van der Waals surface area contributed by atoms with Crippen molar-refractivity contribution in [1.29, 1.82) is 0 Å². The van der Waals surface area contributed by atoms with E-state index < -0.39 is 5.97 Å². The van der Waals surface area contributed by atoms with Crippen molar-refractivity contribution in [2.75, 3.05) is 5.32 Å². The number of hydrogen-bond donors (Lipinski definition) is 2. The van der Waals surface area contributed by atoms with E-state index in [1.165, 1.54) is 5.56 Å². The molecular weight excluding hydrogens is 362 g/mol. The largest absolute Gasteiger partial charge is 0.481 e. The first kappa shape index (κ1) is 19.1. The van der Waals surface area contributed by atoms with E-state index in [0.29, 0.717) is 18.3 Å². The van der Waals surface area contributed by atoms with Crippen molar-refractivity contribution < 1.29 is 9.90 Å². The van der Waals surface area contributed by atoms with Crippen molar-refractivity contribution in [1.82, 2.24) is 10.2 Å². The highest BCUT2D eigenvalue weighted by Crippen LogP contribution is 2.37. The summed E-state index contributed by atoms with van der Waals surface area (Å²) in [4.78, 5) is 10.9. The molecule has 1 aromatic heterocycles. The number of aliphatic carboxylic acids is 1. The predicted molar refractivity (Wildman–Crippen MR) is 114 cm³/mol. The van der Waals surface area contributed by atoms with Crippen LogP contribution in [0.15, 0.2) is 66.7 Å². The Kier molecular flexibility index (Phi) is 5.84. The number of rotatable bonds is 6. The number of aromatic nitrogens is 2. The first-order valence-corrected chi connectivity index (χ1v) is 10.2. The molecule has 0 bridgehead atoms. The van der Waals surface area contributed by atoms with E-state index in [1.54, 1.807) is 0 Å². The Bertz CT molecular complexity index is 932. The Morgan fingerprint density at radius 1 is 0.897 bits per heavy atom. The lowest BCUT2D eigenvalue weighted by atomic mass is 9.77. The van der Waals surface area contributed by atoms with Crippen LogP contribution in [0.1, 0.15) is 43.6 Å². The maximum absolute atomic E-state index is 10.9. The van der Waals surface area contributed by atoms with Crippen LogP contribution in [-0.2, 0) is 4.79 Å². The predicted octanol–water partition coefficient (Wildman–Crippen LogP) is 5.64. The van der Waals surface area contributed by atoms with Crippen LogP contribution in [0, 0.1) is 5.92 Å². The molecule has 29 heavy (non-hydrogen) atoms. The van der Waals surface area contributed by atoms with Crippen molar-refractivity contribution in [2.45, 2.75) is 38.0 Å². The first-order chi connectivity index (χ1) is 14.2. The minimum atomic E-state index is -0.677. The van der Waals surface area contributed by atoms with Gasteiger partial charge in [-0.2, -0.15) is 0 Å². The second kappa shape index (κ2) is 8.86. The lowest BCUT2D eigenvalue weighted by Crippen LogP contribution is -2.16. The van der Waals surface area contributed by atoms with Gasteiger partial charge in [0.05, 0.1) is 5.69 Å². The molecule has 0 atom stereocenters. The number of carbonyl (C=O) groups is 1. The van der Waals surface area contributed by atoms with Crippen LogP contribution < -0.4 is 5.32 Å². The second-order valence-electron chi connectivity index (χ2n) is 7.73. The Labute approximate surface area is 170 Å². The molecule has 2 aromatic carbocycles. The van der Waals surface area contributed by atoms with Crippen LogP contribution >= 0.6 is 0 Å². The number of nitrogens with one attached hydrogen (secondary N) is 1. The van der Waals surface area contributed by atoms with Gasteiger partial charge in [0.15, 0.2) is 5.82 Å². The van der Waals surface area contributed by atoms with Crippen LogP contribution in [0.4, 0.5) is 11.5 Å². The minimum Gasteiger partial charge on any atom is -0.481 e. The zero-order chi connectivity index (χ0) is 20.1. The van der Waals surface area contributed by atoms with Crippen molar-refractivity contribution in [3.63, 3.8) is 0 Å². The van der Waals surface area contributed by atoms with E-state index in [2.05, 4.69) is 39.8 Å². The summed E-state index contributed by atoms with van der Waals surface area (Å²) >= 11 is 0. The number of carboxylic acids is 1. The molecular formula is C24H25N3O2. The molecule has 0 aliphatic heterocycles. The molecule has 2 N–H and O–H groups in total. The Hall–Kier alpha value is -3.21. The fourth-order valence-electron chi connectivity index (χ4n) is 4.10. The van der Waals surface area contributed by atoms with Gasteiger partial charge in [0.1, 0.15) is 0 Å². The lowest BCUT2D eigenvalue weighted by molar-refractivity contribution is -0.138. The fourth-order valence-corrected chi connectivity index (χ4v) is 4.10. The highest BCUT2D eigenvalue weighted by molar-refractivity contribution is 5.67. The van der Waals surface area contributed by atoms with Gasteiger partial charge in [-0.25, -0.2) is 0 Å². The number of anilines is 2. The van der Waals surface area contributed by atoms with Crippen LogP contribution in [0.25, 0.3) is 11.3 Å². The summed E-state index contributed by atoms with van der Waals surface area (Å²) in [5.41, 5.74) is 4.21. The zero-order valence-corrected chi connectivity index (χ0v) is 16.3. The van der Waals surface area contributed by atoms with Gasteiger partial charge in [-0.1, -0.05) is 42.5 Å². The van der Waals surface area contributed by atoms with Gasteiger partial charge in [-0.15, -0.1) is 10.2 Å². The Morgan fingerprint density at radius 3 is 2.24 bits per heavy atom. The molecule has 1 saturated carbocycles. The Morgan fingerprint density at radius 2 is 1.62 bits per heavy atom. The molecule has 0 saturated heterocycles. The van der Waals surface area contributed by atoms with E-state index in [1.807, 2.05) is 42.5 Å². The van der Waals surface area contributed by atoms with Crippen molar-refractivity contribution in [2.24, 2.45) is 5.92 Å². The molecule has 1 fully saturated rings. The van der Waals surface area contributed by atoms with Gasteiger partial charge in [-0.05, 0) is 67.3 Å². The SMILES string of the molecule is O=C(O)CC1CCC(c2ccc(-c3ccc(Nc4ccccc4)nn3)cc2)CC1. The van der Waals surface area contributed by atoms with Crippen LogP contribution in [0.5, 0.6) is 0 Å². The van der Waals surface area contributed by atoms with Crippen molar-refractivity contribution >= 4 is 17.5 Å². The molecule has 3 aromatic rings. The quantitative estimate of drug-likeness (QED) is 0.573. The molecule has 0 radical (unpaired) electrons. The van der Waals surface area contributed by atoms with Crippen LogP contribution in [0.2, 0.25) is 0 Å².